The van der Waals surface area contributed by atoms with Crippen LogP contribution in [0.1, 0.15) is 57.9 Å². The second-order valence-electron chi connectivity index (χ2n) is 10.1. The van der Waals surface area contributed by atoms with E-state index in [2.05, 4.69) is 28.1 Å². The fourth-order valence-electron chi connectivity index (χ4n) is 5.68. The molecular formula is C29H41N3O4. The summed E-state index contributed by atoms with van der Waals surface area (Å²) in [4.78, 5) is 14.1. The third-order valence-electron chi connectivity index (χ3n) is 7.37. The zero-order chi connectivity index (χ0) is 25.5. The lowest BCUT2D eigenvalue weighted by Gasteiger charge is -2.43. The molecule has 2 aromatic carbocycles. The standard InChI is InChI=1S/C29H41N3O4/c1-20(2)36-18-10-17-30-28(33)27(21-11-6-5-7-12-21)29(31-24-13-8-9-14-25(24)32-29)23-16-15-22(34-3)19-26(23)35-4/h8-9,13-16,19-21,27,31-32H,5-7,10-12,17-18H2,1-4H3,(H,30,33). The van der Waals surface area contributed by atoms with Gasteiger partial charge in [-0.05, 0) is 63.3 Å². The van der Waals surface area contributed by atoms with E-state index in [-0.39, 0.29) is 23.8 Å². The Kier molecular flexibility index (Phi) is 8.62. The van der Waals surface area contributed by atoms with Crippen molar-refractivity contribution in [1.82, 2.24) is 5.32 Å². The zero-order valence-electron chi connectivity index (χ0n) is 22.1. The van der Waals surface area contributed by atoms with Crippen LogP contribution in [0.25, 0.3) is 0 Å². The molecule has 1 unspecified atom stereocenters. The van der Waals surface area contributed by atoms with E-state index >= 15 is 0 Å². The van der Waals surface area contributed by atoms with Crippen molar-refractivity contribution in [2.75, 3.05) is 38.0 Å². The van der Waals surface area contributed by atoms with Gasteiger partial charge in [-0.2, -0.15) is 0 Å². The number of carbonyl (C=O) groups excluding carboxylic acids is 1. The monoisotopic (exact) mass is 495 g/mol. The summed E-state index contributed by atoms with van der Waals surface area (Å²) in [5.41, 5.74) is 2.00. The normalized spacial score (nSPS) is 17.6. The fraction of sp³-hybridized carbons (Fsp3) is 0.552. The molecule has 1 fully saturated rings. The van der Waals surface area contributed by atoms with E-state index in [4.69, 9.17) is 14.2 Å². The number of hydrogen-bond donors (Lipinski definition) is 3. The molecule has 1 aliphatic carbocycles. The minimum Gasteiger partial charge on any atom is -0.497 e. The van der Waals surface area contributed by atoms with Crippen molar-refractivity contribution >= 4 is 17.3 Å². The number of methoxy groups -OCH3 is 2. The first kappa shape index (κ1) is 26.1. The van der Waals surface area contributed by atoms with Crippen molar-refractivity contribution in [3.63, 3.8) is 0 Å². The molecular weight excluding hydrogens is 454 g/mol. The second kappa shape index (κ2) is 11.9. The van der Waals surface area contributed by atoms with Crippen LogP contribution in [0.15, 0.2) is 42.5 Å². The number of benzene rings is 2. The minimum atomic E-state index is -0.859. The number of fused-ring (bicyclic) bond motifs is 1. The van der Waals surface area contributed by atoms with Gasteiger partial charge in [0.25, 0.3) is 0 Å². The smallest absolute Gasteiger partial charge is 0.228 e. The molecule has 0 bridgehead atoms. The van der Waals surface area contributed by atoms with Crippen LogP contribution in [-0.4, -0.2) is 39.4 Å². The molecule has 196 valence electrons. The van der Waals surface area contributed by atoms with Crippen LogP contribution >= 0.6 is 0 Å². The van der Waals surface area contributed by atoms with Gasteiger partial charge in [0, 0.05) is 24.8 Å². The first-order valence-corrected chi connectivity index (χ1v) is 13.3. The number of rotatable bonds is 11. The Morgan fingerprint density at radius 3 is 2.33 bits per heavy atom. The Labute approximate surface area is 215 Å². The third kappa shape index (κ3) is 5.56. The molecule has 0 aromatic heterocycles. The molecule has 1 heterocycles. The van der Waals surface area contributed by atoms with E-state index < -0.39 is 5.66 Å². The van der Waals surface area contributed by atoms with Gasteiger partial charge in [0.1, 0.15) is 11.5 Å². The topological polar surface area (TPSA) is 80.9 Å². The summed E-state index contributed by atoms with van der Waals surface area (Å²) in [5, 5.41) is 10.8. The van der Waals surface area contributed by atoms with Gasteiger partial charge in [0.15, 0.2) is 5.66 Å². The molecule has 4 rings (SSSR count). The average molecular weight is 496 g/mol. The SMILES string of the molecule is COc1ccc(C2(C(C(=O)NCCCOC(C)C)C3CCCCC3)Nc3ccccc3N2)c(OC)c1. The molecule has 0 saturated heterocycles. The van der Waals surface area contributed by atoms with Crippen molar-refractivity contribution in [3.05, 3.63) is 48.0 Å². The highest BCUT2D eigenvalue weighted by molar-refractivity contribution is 5.87. The van der Waals surface area contributed by atoms with Gasteiger partial charge in [-0.25, -0.2) is 0 Å². The maximum atomic E-state index is 14.1. The second-order valence-corrected chi connectivity index (χ2v) is 10.1. The van der Waals surface area contributed by atoms with Crippen molar-refractivity contribution < 1.29 is 19.0 Å². The molecule has 1 atom stereocenters. The molecule has 2 aromatic rings. The van der Waals surface area contributed by atoms with E-state index in [1.54, 1.807) is 14.2 Å². The van der Waals surface area contributed by atoms with Crippen molar-refractivity contribution in [3.8, 4) is 11.5 Å². The van der Waals surface area contributed by atoms with E-state index in [1.165, 1.54) is 6.42 Å². The highest BCUT2D eigenvalue weighted by atomic mass is 16.5. The lowest BCUT2D eigenvalue weighted by Crippen LogP contribution is -2.55. The number of para-hydroxylation sites is 2. The Balaban J connectivity index is 1.73. The van der Waals surface area contributed by atoms with Gasteiger partial charge >= 0.3 is 0 Å². The van der Waals surface area contributed by atoms with Crippen LogP contribution in [0.5, 0.6) is 11.5 Å². The van der Waals surface area contributed by atoms with E-state index in [0.717, 1.165) is 49.0 Å². The van der Waals surface area contributed by atoms with Crippen LogP contribution in [0.4, 0.5) is 11.4 Å². The highest BCUT2D eigenvalue weighted by Crippen LogP contribution is 2.51. The summed E-state index contributed by atoms with van der Waals surface area (Å²) in [6.45, 7) is 5.26. The maximum absolute atomic E-state index is 14.1. The lowest BCUT2D eigenvalue weighted by atomic mass is 9.71. The predicted molar refractivity (Wildman–Crippen MR) is 144 cm³/mol. The zero-order valence-corrected chi connectivity index (χ0v) is 22.1. The third-order valence-corrected chi connectivity index (χ3v) is 7.37. The number of amides is 1. The van der Waals surface area contributed by atoms with Crippen LogP contribution in [0.3, 0.4) is 0 Å². The number of hydrogen-bond acceptors (Lipinski definition) is 6. The van der Waals surface area contributed by atoms with Crippen LogP contribution in [-0.2, 0) is 15.2 Å². The van der Waals surface area contributed by atoms with Crippen molar-refractivity contribution in [2.45, 2.75) is 64.1 Å². The van der Waals surface area contributed by atoms with Crippen LogP contribution in [0.2, 0.25) is 0 Å². The number of ether oxygens (including phenoxy) is 3. The average Bonchev–Trinajstić information content (AvgIpc) is 3.28. The van der Waals surface area contributed by atoms with Gasteiger partial charge in [-0.15, -0.1) is 0 Å². The first-order chi connectivity index (χ1) is 17.5. The summed E-state index contributed by atoms with van der Waals surface area (Å²) in [7, 11) is 3.31. The number of carbonyl (C=O) groups is 1. The van der Waals surface area contributed by atoms with E-state index in [9.17, 15) is 4.79 Å². The highest BCUT2D eigenvalue weighted by Gasteiger charge is 2.53. The lowest BCUT2D eigenvalue weighted by molar-refractivity contribution is -0.129. The van der Waals surface area contributed by atoms with Gasteiger partial charge in [0.05, 0.1) is 37.6 Å². The fourth-order valence-corrected chi connectivity index (χ4v) is 5.68. The van der Waals surface area contributed by atoms with Gasteiger partial charge < -0.3 is 30.2 Å². The molecule has 7 heteroatoms. The molecule has 0 radical (unpaired) electrons. The summed E-state index contributed by atoms with van der Waals surface area (Å²) in [5.74, 6) is 1.33. The molecule has 36 heavy (non-hydrogen) atoms. The van der Waals surface area contributed by atoms with Crippen molar-refractivity contribution in [1.29, 1.82) is 0 Å². The largest absolute Gasteiger partial charge is 0.497 e. The van der Waals surface area contributed by atoms with Gasteiger partial charge in [-0.3, -0.25) is 4.79 Å². The summed E-state index contributed by atoms with van der Waals surface area (Å²) in [6, 6.07) is 14.0. The van der Waals surface area contributed by atoms with E-state index in [0.29, 0.717) is 24.7 Å². The number of nitrogens with one attached hydrogen (secondary N) is 3. The van der Waals surface area contributed by atoms with Crippen molar-refractivity contribution in [2.24, 2.45) is 11.8 Å². The molecule has 1 amide bonds. The Morgan fingerprint density at radius 1 is 1.03 bits per heavy atom. The quantitative estimate of drug-likeness (QED) is 0.356. The molecule has 1 saturated carbocycles. The van der Waals surface area contributed by atoms with Gasteiger partial charge in [0.2, 0.25) is 5.91 Å². The Hall–Kier alpha value is -2.93. The molecule has 2 aliphatic rings. The molecule has 1 aliphatic heterocycles. The summed E-state index contributed by atoms with van der Waals surface area (Å²) in [6.07, 6.45) is 6.51. The summed E-state index contributed by atoms with van der Waals surface area (Å²) >= 11 is 0. The van der Waals surface area contributed by atoms with Crippen LogP contribution in [0, 0.1) is 11.8 Å². The van der Waals surface area contributed by atoms with E-state index in [1.807, 2.05) is 44.2 Å². The molecule has 3 N–H and O–H groups in total. The minimum absolute atomic E-state index is 0.0529. The number of anilines is 2. The molecule has 7 nitrogen and oxygen atoms in total. The summed E-state index contributed by atoms with van der Waals surface area (Å²) < 4.78 is 17.0. The predicted octanol–water partition coefficient (Wildman–Crippen LogP) is 5.52. The Morgan fingerprint density at radius 2 is 1.72 bits per heavy atom. The first-order valence-electron chi connectivity index (χ1n) is 13.3. The van der Waals surface area contributed by atoms with Crippen LogP contribution < -0.4 is 25.4 Å². The maximum Gasteiger partial charge on any atom is 0.228 e. The van der Waals surface area contributed by atoms with Gasteiger partial charge in [-0.1, -0.05) is 31.4 Å². The Bertz CT molecular complexity index is 994. The molecule has 0 spiro atoms.